The summed E-state index contributed by atoms with van der Waals surface area (Å²) in [5.41, 5.74) is 0.0986. The van der Waals surface area contributed by atoms with E-state index in [2.05, 4.69) is 5.10 Å². The lowest BCUT2D eigenvalue weighted by Gasteiger charge is -2.32. The zero-order chi connectivity index (χ0) is 16.5. The van der Waals surface area contributed by atoms with Crippen molar-refractivity contribution < 1.29 is 18.8 Å². The molecule has 0 spiro atoms. The van der Waals surface area contributed by atoms with Crippen LogP contribution in [0, 0.1) is 0 Å². The van der Waals surface area contributed by atoms with Gasteiger partial charge in [0, 0.05) is 17.9 Å². The van der Waals surface area contributed by atoms with Crippen molar-refractivity contribution in [1.82, 2.24) is 9.78 Å². The number of carbonyl (C=O) groups excluding carboxylic acids is 1. The van der Waals surface area contributed by atoms with Crippen molar-refractivity contribution >= 4 is 18.6 Å². The standard InChI is InChI=1S/C15H25BN2O4/c1-7-20-13(19)8-11(2)18-10-12(9-17-18)16-21-14(3,4)15(5,6)22-16/h9-11H,7-8H2,1-6H3. The lowest BCUT2D eigenvalue weighted by molar-refractivity contribution is -0.143. The molecule has 0 N–H and O–H groups in total. The molecule has 2 heterocycles. The van der Waals surface area contributed by atoms with Crippen LogP contribution in [0.2, 0.25) is 0 Å². The molecule has 7 heteroatoms. The monoisotopic (exact) mass is 308 g/mol. The molecule has 1 saturated heterocycles. The van der Waals surface area contributed by atoms with E-state index in [-0.39, 0.29) is 23.2 Å². The molecule has 1 aliphatic heterocycles. The van der Waals surface area contributed by atoms with Gasteiger partial charge in [0.25, 0.3) is 0 Å². The fourth-order valence-corrected chi connectivity index (χ4v) is 2.25. The summed E-state index contributed by atoms with van der Waals surface area (Å²) in [7, 11) is -0.437. The summed E-state index contributed by atoms with van der Waals surface area (Å²) >= 11 is 0. The SMILES string of the molecule is CCOC(=O)CC(C)n1cc(B2OC(C)(C)C(C)(C)O2)cn1. The first-order chi connectivity index (χ1) is 10.2. The van der Waals surface area contributed by atoms with Crippen LogP contribution in [-0.2, 0) is 18.8 Å². The van der Waals surface area contributed by atoms with Crippen LogP contribution >= 0.6 is 0 Å². The van der Waals surface area contributed by atoms with Crippen molar-refractivity contribution in [1.29, 1.82) is 0 Å². The Labute approximate surface area is 132 Å². The van der Waals surface area contributed by atoms with E-state index in [1.165, 1.54) is 0 Å². The van der Waals surface area contributed by atoms with Crippen molar-refractivity contribution in [2.45, 2.75) is 65.2 Å². The Morgan fingerprint density at radius 1 is 1.36 bits per heavy atom. The minimum absolute atomic E-state index is 0.0739. The molecule has 1 atom stereocenters. The summed E-state index contributed by atoms with van der Waals surface area (Å²) < 4.78 is 18.7. The zero-order valence-electron chi connectivity index (χ0n) is 14.3. The Hall–Kier alpha value is -1.34. The molecule has 1 aromatic rings. The Morgan fingerprint density at radius 2 is 1.95 bits per heavy atom. The predicted molar refractivity (Wildman–Crippen MR) is 83.9 cm³/mol. The van der Waals surface area contributed by atoms with Gasteiger partial charge < -0.3 is 14.0 Å². The van der Waals surface area contributed by atoms with E-state index in [1.807, 2.05) is 40.8 Å². The number of carbonyl (C=O) groups is 1. The second-order valence-electron chi connectivity index (χ2n) is 6.70. The van der Waals surface area contributed by atoms with Gasteiger partial charge in [-0.2, -0.15) is 5.10 Å². The smallest absolute Gasteiger partial charge is 0.466 e. The highest BCUT2D eigenvalue weighted by Gasteiger charge is 2.52. The second kappa shape index (κ2) is 6.04. The number of rotatable bonds is 5. The number of nitrogens with zero attached hydrogens (tertiary/aromatic N) is 2. The van der Waals surface area contributed by atoms with Crippen LogP contribution in [0.4, 0.5) is 0 Å². The first-order valence-corrected chi connectivity index (χ1v) is 7.71. The third kappa shape index (κ3) is 3.36. The van der Waals surface area contributed by atoms with Gasteiger partial charge in [0.05, 0.1) is 30.3 Å². The zero-order valence-corrected chi connectivity index (χ0v) is 14.3. The third-order valence-corrected chi connectivity index (χ3v) is 4.37. The molecule has 0 bridgehead atoms. The molecule has 6 nitrogen and oxygen atoms in total. The molecular weight excluding hydrogens is 283 g/mol. The Balaban J connectivity index is 2.05. The molecule has 0 radical (unpaired) electrons. The Morgan fingerprint density at radius 3 is 2.50 bits per heavy atom. The summed E-state index contributed by atoms with van der Waals surface area (Å²) in [6.07, 6.45) is 3.88. The van der Waals surface area contributed by atoms with Crippen LogP contribution in [-0.4, -0.2) is 40.7 Å². The molecule has 0 amide bonds. The molecule has 1 aromatic heterocycles. The van der Waals surface area contributed by atoms with E-state index < -0.39 is 7.12 Å². The van der Waals surface area contributed by atoms with Gasteiger partial charge in [-0.1, -0.05) is 0 Å². The summed E-state index contributed by atoms with van der Waals surface area (Å²) in [6, 6.07) is -0.0739. The van der Waals surface area contributed by atoms with Crippen LogP contribution < -0.4 is 5.46 Å². The van der Waals surface area contributed by atoms with Crippen LogP contribution in [0.25, 0.3) is 0 Å². The summed E-state index contributed by atoms with van der Waals surface area (Å²) in [5.74, 6) is -0.220. The Bertz CT molecular complexity index is 525. The summed E-state index contributed by atoms with van der Waals surface area (Å²) in [5, 5.41) is 4.32. The van der Waals surface area contributed by atoms with Gasteiger partial charge in [0.15, 0.2) is 0 Å². The summed E-state index contributed by atoms with van der Waals surface area (Å²) in [6.45, 7) is 12.2. The predicted octanol–water partition coefficient (Wildman–Crippen LogP) is 1.70. The average Bonchev–Trinajstić information content (AvgIpc) is 2.93. The molecule has 2 rings (SSSR count). The minimum Gasteiger partial charge on any atom is -0.466 e. The van der Waals surface area contributed by atoms with Crippen molar-refractivity contribution in [2.24, 2.45) is 0 Å². The molecule has 22 heavy (non-hydrogen) atoms. The van der Waals surface area contributed by atoms with Gasteiger partial charge in [-0.05, 0) is 41.5 Å². The van der Waals surface area contributed by atoms with E-state index in [4.69, 9.17) is 14.0 Å². The summed E-state index contributed by atoms with van der Waals surface area (Å²) in [4.78, 5) is 11.5. The van der Waals surface area contributed by atoms with Crippen molar-refractivity contribution in [3.63, 3.8) is 0 Å². The lowest BCUT2D eigenvalue weighted by atomic mass is 9.82. The van der Waals surface area contributed by atoms with E-state index in [1.54, 1.807) is 17.8 Å². The molecule has 1 fully saturated rings. The van der Waals surface area contributed by atoms with E-state index in [9.17, 15) is 4.79 Å². The van der Waals surface area contributed by atoms with E-state index >= 15 is 0 Å². The van der Waals surface area contributed by atoms with Gasteiger partial charge in [-0.3, -0.25) is 9.48 Å². The maximum absolute atomic E-state index is 11.5. The molecule has 1 unspecified atom stereocenters. The van der Waals surface area contributed by atoms with Gasteiger partial charge >= 0.3 is 13.1 Å². The highest BCUT2D eigenvalue weighted by molar-refractivity contribution is 6.62. The average molecular weight is 308 g/mol. The highest BCUT2D eigenvalue weighted by Crippen LogP contribution is 2.36. The Kier molecular flexibility index (Phi) is 4.68. The largest absolute Gasteiger partial charge is 0.498 e. The van der Waals surface area contributed by atoms with Gasteiger partial charge in [-0.25, -0.2) is 0 Å². The minimum atomic E-state index is -0.437. The molecule has 122 valence electrons. The molecule has 0 aromatic carbocycles. The maximum atomic E-state index is 11.5. The first kappa shape index (κ1) is 17.0. The molecular formula is C15H25BN2O4. The number of hydrogen-bond donors (Lipinski definition) is 0. The fourth-order valence-electron chi connectivity index (χ4n) is 2.25. The van der Waals surface area contributed by atoms with Crippen molar-refractivity contribution in [3.8, 4) is 0 Å². The lowest BCUT2D eigenvalue weighted by Crippen LogP contribution is -2.41. The number of esters is 1. The van der Waals surface area contributed by atoms with E-state index in [0.717, 1.165) is 5.46 Å². The van der Waals surface area contributed by atoms with Crippen molar-refractivity contribution in [3.05, 3.63) is 12.4 Å². The van der Waals surface area contributed by atoms with Gasteiger partial charge in [0.2, 0.25) is 0 Å². The van der Waals surface area contributed by atoms with Crippen molar-refractivity contribution in [2.75, 3.05) is 6.61 Å². The highest BCUT2D eigenvalue weighted by atomic mass is 16.7. The van der Waals surface area contributed by atoms with Crippen LogP contribution in [0.5, 0.6) is 0 Å². The molecule has 0 saturated carbocycles. The number of hydrogen-bond acceptors (Lipinski definition) is 5. The quantitative estimate of drug-likeness (QED) is 0.612. The molecule has 1 aliphatic rings. The normalized spacial score (nSPS) is 20.9. The van der Waals surface area contributed by atoms with Crippen LogP contribution in [0.15, 0.2) is 12.4 Å². The molecule has 0 aliphatic carbocycles. The third-order valence-electron chi connectivity index (χ3n) is 4.37. The topological polar surface area (TPSA) is 62.6 Å². The van der Waals surface area contributed by atoms with Gasteiger partial charge in [-0.15, -0.1) is 0 Å². The number of ether oxygens (including phenoxy) is 1. The maximum Gasteiger partial charge on any atom is 0.498 e. The fraction of sp³-hybridized carbons (Fsp3) is 0.733. The number of aromatic nitrogens is 2. The van der Waals surface area contributed by atoms with Gasteiger partial charge in [0.1, 0.15) is 0 Å². The van der Waals surface area contributed by atoms with Crippen LogP contribution in [0.1, 0.15) is 54.0 Å². The second-order valence-corrected chi connectivity index (χ2v) is 6.70. The van der Waals surface area contributed by atoms with Crippen LogP contribution in [0.3, 0.4) is 0 Å². The first-order valence-electron chi connectivity index (χ1n) is 7.71. The van der Waals surface area contributed by atoms with E-state index in [0.29, 0.717) is 13.0 Å².